The maximum atomic E-state index is 11.6. The van der Waals surface area contributed by atoms with Crippen LogP contribution in [-0.2, 0) is 58.5 Å². The summed E-state index contributed by atoms with van der Waals surface area (Å²) in [5.41, 5.74) is 0. The Morgan fingerprint density at radius 3 is 1.09 bits per heavy atom. The molecule has 1 saturated heterocycles. The molecule has 0 aromatic heterocycles. The predicted molar refractivity (Wildman–Crippen MR) is 235 cm³/mol. The van der Waals surface area contributed by atoms with Crippen LogP contribution in [0.5, 0.6) is 0 Å². The molecule has 2 atom stereocenters. The summed E-state index contributed by atoms with van der Waals surface area (Å²) in [6, 6.07) is 0. The molecule has 0 bridgehead atoms. The zero-order valence-corrected chi connectivity index (χ0v) is 46.0. The van der Waals surface area contributed by atoms with Gasteiger partial charge < -0.3 is 29.3 Å². The van der Waals surface area contributed by atoms with E-state index in [9.17, 15) is 55.8 Å². The second-order valence-electron chi connectivity index (χ2n) is 16.1. The van der Waals surface area contributed by atoms with E-state index in [0.29, 0.717) is 32.2 Å². The van der Waals surface area contributed by atoms with E-state index in [2.05, 4.69) is 20.8 Å². The van der Waals surface area contributed by atoms with Gasteiger partial charge in [-0.2, -0.15) is 16.8 Å². The number of carboxylic acid groups (broad SMARTS) is 2. The van der Waals surface area contributed by atoms with Crippen LogP contribution in [0, 0.1) is 0 Å². The maximum Gasteiger partial charge on any atom is 1.00 e. The second kappa shape index (κ2) is 45.3. The molecule has 1 rings (SSSR count). The maximum absolute atomic E-state index is 11.6. The van der Waals surface area contributed by atoms with Crippen molar-refractivity contribution in [1.29, 1.82) is 0 Å². The van der Waals surface area contributed by atoms with E-state index in [0.717, 1.165) is 57.8 Å². The SMILES string of the molecule is CCCCCCCC(=O)N1CCCC1=O.CCCCCCCCCCCCOC(=O)C(CC(=O)[O-])S(=O)(=O)O.CCCCCCCCCCCCOC(=O)C(CC(=O)[O-])S(=O)(=O)O.[Na+].[Na+]. The summed E-state index contributed by atoms with van der Waals surface area (Å²) in [5, 5.41) is 16.6. The van der Waals surface area contributed by atoms with Gasteiger partial charge in [0, 0.05) is 44.2 Å². The number of hydrogen-bond acceptors (Lipinski definition) is 14. The number of carbonyl (C=O) groups is 6. The zero-order valence-electron chi connectivity index (χ0n) is 40.4. The fraction of sp³-hybridized carbons (Fsp3) is 0.864. The molecule has 0 aromatic rings. The molecule has 65 heavy (non-hydrogen) atoms. The van der Waals surface area contributed by atoms with Crippen LogP contribution in [0.25, 0.3) is 0 Å². The fourth-order valence-electron chi connectivity index (χ4n) is 6.56. The number of amides is 2. The first kappa shape index (κ1) is 70.4. The number of aliphatic carboxylic acids is 2. The number of ether oxygens (including phenoxy) is 2. The molecule has 2 unspecified atom stereocenters. The Balaban J connectivity index is -0.000000434. The van der Waals surface area contributed by atoms with E-state index in [-0.39, 0.29) is 84.1 Å². The number of carboxylic acids is 2. The van der Waals surface area contributed by atoms with Crippen LogP contribution >= 0.6 is 0 Å². The Kier molecular flexibility index (Phi) is 49.1. The number of likely N-dealkylation sites (tertiary alicyclic amines) is 1. The molecule has 0 aromatic carbocycles. The molecule has 0 spiro atoms. The van der Waals surface area contributed by atoms with Crippen molar-refractivity contribution in [3.05, 3.63) is 0 Å². The first-order valence-electron chi connectivity index (χ1n) is 23.3. The third-order valence-corrected chi connectivity index (χ3v) is 12.5. The standard InChI is InChI=1S/2C16H30O7S.C12H21NO2.2Na/c2*1-2-3-4-5-6-7-8-9-10-11-12-23-16(19)14(13-15(17)18)24(20,21)22;1-2-3-4-5-6-8-11(14)13-10-7-9-12(13)15;;/h2*14H,2-13H2,1H3,(H,17,18)(H,20,21,22);2-10H2,1H3;;/q;;;2*+1/p-2. The van der Waals surface area contributed by atoms with Crippen molar-refractivity contribution < 1.29 is 134 Å². The number of esters is 2. The zero-order chi connectivity index (χ0) is 47.9. The Morgan fingerprint density at radius 2 is 0.831 bits per heavy atom. The van der Waals surface area contributed by atoms with Gasteiger partial charge in [0.1, 0.15) is 0 Å². The van der Waals surface area contributed by atoms with Gasteiger partial charge in [-0.15, -0.1) is 0 Å². The van der Waals surface area contributed by atoms with Crippen molar-refractivity contribution in [3.8, 4) is 0 Å². The van der Waals surface area contributed by atoms with Gasteiger partial charge in [0.05, 0.1) is 13.2 Å². The summed E-state index contributed by atoms with van der Waals surface area (Å²) >= 11 is 0. The normalized spacial score (nSPS) is 13.1. The Labute approximate surface area is 434 Å². The van der Waals surface area contributed by atoms with Gasteiger partial charge in [-0.3, -0.25) is 33.2 Å². The van der Waals surface area contributed by atoms with E-state index in [1.54, 1.807) is 0 Å². The molecule has 0 saturated carbocycles. The van der Waals surface area contributed by atoms with Gasteiger partial charge in [0.2, 0.25) is 11.8 Å². The number of rotatable bonds is 36. The fourth-order valence-corrected chi connectivity index (χ4v) is 7.88. The molecular weight excluding hydrogens is 909 g/mol. The quantitative estimate of drug-likeness (QED) is 0.0367. The summed E-state index contributed by atoms with van der Waals surface area (Å²) < 4.78 is 71.1. The van der Waals surface area contributed by atoms with Gasteiger partial charge in [-0.1, -0.05) is 162 Å². The van der Waals surface area contributed by atoms with Crippen LogP contribution in [0.3, 0.4) is 0 Å². The number of carbonyl (C=O) groups excluding carboxylic acids is 6. The minimum atomic E-state index is -4.82. The van der Waals surface area contributed by atoms with Crippen LogP contribution < -0.4 is 69.3 Å². The Hall–Kier alpha value is -1.16. The van der Waals surface area contributed by atoms with Gasteiger partial charge >= 0.3 is 71.1 Å². The summed E-state index contributed by atoms with van der Waals surface area (Å²) in [5.74, 6) is -5.93. The van der Waals surface area contributed by atoms with Crippen molar-refractivity contribution in [2.24, 2.45) is 0 Å². The summed E-state index contributed by atoms with van der Waals surface area (Å²) in [7, 11) is -9.64. The average Bonchev–Trinajstić information content (AvgIpc) is 3.65. The third-order valence-electron chi connectivity index (χ3n) is 10.3. The molecule has 2 amide bonds. The number of nitrogens with zero attached hydrogens (tertiary/aromatic N) is 1. The first-order valence-corrected chi connectivity index (χ1v) is 26.3. The van der Waals surface area contributed by atoms with Crippen LogP contribution in [0.2, 0.25) is 0 Å². The van der Waals surface area contributed by atoms with Crippen molar-refractivity contribution in [2.45, 2.75) is 224 Å². The Morgan fingerprint density at radius 1 is 0.538 bits per heavy atom. The third kappa shape index (κ3) is 42.7. The number of hydrogen-bond donors (Lipinski definition) is 2. The van der Waals surface area contributed by atoms with E-state index >= 15 is 0 Å². The van der Waals surface area contributed by atoms with Crippen LogP contribution in [0.4, 0.5) is 0 Å². The molecule has 2 N–H and O–H groups in total. The Bertz CT molecular complexity index is 1410. The topological polar surface area (TPSA) is 279 Å². The minimum Gasteiger partial charge on any atom is -0.550 e. The van der Waals surface area contributed by atoms with E-state index in [1.165, 1.54) is 101 Å². The van der Waals surface area contributed by atoms with Crippen molar-refractivity contribution >= 4 is 55.9 Å². The molecule has 1 heterocycles. The van der Waals surface area contributed by atoms with Crippen LogP contribution in [0.1, 0.15) is 213 Å². The van der Waals surface area contributed by atoms with Gasteiger partial charge in [-0.05, 0) is 25.7 Å². The van der Waals surface area contributed by atoms with Gasteiger partial charge in [0.15, 0.2) is 10.5 Å². The first-order chi connectivity index (χ1) is 29.8. The van der Waals surface area contributed by atoms with Crippen molar-refractivity contribution in [2.75, 3.05) is 19.8 Å². The van der Waals surface area contributed by atoms with Gasteiger partial charge in [0.25, 0.3) is 20.2 Å². The molecular formula is C44H79NNa2O16S2. The number of unbranched alkanes of at least 4 members (excludes halogenated alkanes) is 22. The molecule has 17 nitrogen and oxygen atoms in total. The molecule has 1 aliphatic rings. The van der Waals surface area contributed by atoms with Crippen LogP contribution in [0.15, 0.2) is 0 Å². The summed E-state index contributed by atoms with van der Waals surface area (Å²) in [4.78, 5) is 68.2. The van der Waals surface area contributed by atoms with Crippen molar-refractivity contribution in [3.63, 3.8) is 0 Å². The smallest absolute Gasteiger partial charge is 0.550 e. The molecule has 21 heteroatoms. The second-order valence-corrected chi connectivity index (χ2v) is 19.3. The molecule has 1 fully saturated rings. The molecule has 0 radical (unpaired) electrons. The van der Waals surface area contributed by atoms with E-state index in [4.69, 9.17) is 18.6 Å². The summed E-state index contributed by atoms with van der Waals surface area (Å²) in [6.07, 6.45) is 27.5. The van der Waals surface area contributed by atoms with Gasteiger partial charge in [-0.25, -0.2) is 0 Å². The van der Waals surface area contributed by atoms with Crippen molar-refractivity contribution in [1.82, 2.24) is 4.90 Å². The monoisotopic (exact) mass is 987 g/mol. The predicted octanol–water partition coefficient (Wildman–Crippen LogP) is 0.198. The molecule has 370 valence electrons. The van der Waals surface area contributed by atoms with Crippen LogP contribution in [-0.4, -0.2) is 96.8 Å². The largest absolute Gasteiger partial charge is 1.00 e. The molecule has 0 aliphatic carbocycles. The minimum absolute atomic E-state index is 0. The average molecular weight is 988 g/mol. The molecule has 1 aliphatic heterocycles. The van der Waals surface area contributed by atoms with E-state index < -0.39 is 67.5 Å². The summed E-state index contributed by atoms with van der Waals surface area (Å²) in [6.45, 7) is 7.20. The number of imide groups is 1. The van der Waals surface area contributed by atoms with E-state index in [1.807, 2.05) is 0 Å².